The van der Waals surface area contributed by atoms with Crippen LogP contribution in [0.25, 0.3) is 0 Å². The quantitative estimate of drug-likeness (QED) is 0.737. The first-order valence-electron chi connectivity index (χ1n) is 8.62. The highest BCUT2D eigenvalue weighted by atomic mass is 16.6. The number of rotatable bonds is 8. The molecule has 1 aromatic rings. The van der Waals surface area contributed by atoms with Gasteiger partial charge in [-0.2, -0.15) is 0 Å². The molecule has 0 fully saturated rings. The molecule has 0 spiro atoms. The molecule has 1 rings (SSSR count). The summed E-state index contributed by atoms with van der Waals surface area (Å²) in [5.74, 6) is 0. The molecule has 130 valence electrons. The van der Waals surface area contributed by atoms with Gasteiger partial charge >= 0.3 is 6.09 Å². The Labute approximate surface area is 141 Å². The van der Waals surface area contributed by atoms with E-state index in [9.17, 15) is 4.79 Å². The highest BCUT2D eigenvalue weighted by Gasteiger charge is 2.20. The van der Waals surface area contributed by atoms with Gasteiger partial charge in [0, 0.05) is 19.6 Å². The van der Waals surface area contributed by atoms with E-state index in [0.29, 0.717) is 13.1 Å². The van der Waals surface area contributed by atoms with Gasteiger partial charge in [-0.3, -0.25) is 0 Å². The predicted octanol–water partition coefficient (Wildman–Crippen LogP) is 3.99. The molecule has 0 atom stereocenters. The number of amides is 1. The number of ether oxygens (including phenoxy) is 1. The standard InChI is InChI=1S/C19H32N2O2/c1-6-16-11-8-9-12-17(16)15-20-13-10-14-21(7-2)18(22)23-19(3,4)5/h8-9,11-12,20H,6-7,10,13-15H2,1-5H3. The van der Waals surface area contributed by atoms with Crippen molar-refractivity contribution in [3.8, 4) is 0 Å². The first-order chi connectivity index (χ1) is 10.9. The lowest BCUT2D eigenvalue weighted by atomic mass is 10.1. The summed E-state index contributed by atoms with van der Waals surface area (Å²) in [5, 5.41) is 3.46. The molecular formula is C19H32N2O2. The summed E-state index contributed by atoms with van der Waals surface area (Å²) in [6.07, 6.45) is 1.75. The smallest absolute Gasteiger partial charge is 0.410 e. The van der Waals surface area contributed by atoms with Gasteiger partial charge in [-0.25, -0.2) is 4.79 Å². The number of hydrogen-bond donors (Lipinski definition) is 1. The Balaban J connectivity index is 2.31. The monoisotopic (exact) mass is 320 g/mol. The van der Waals surface area contributed by atoms with E-state index >= 15 is 0 Å². The molecule has 0 aliphatic carbocycles. The summed E-state index contributed by atoms with van der Waals surface area (Å²) in [5.41, 5.74) is 2.31. The van der Waals surface area contributed by atoms with Gasteiger partial charge in [-0.05, 0) is 58.2 Å². The van der Waals surface area contributed by atoms with Crippen molar-refractivity contribution in [1.82, 2.24) is 10.2 Å². The van der Waals surface area contributed by atoms with Crippen LogP contribution in [0.1, 0.15) is 52.2 Å². The van der Waals surface area contributed by atoms with E-state index in [1.807, 2.05) is 27.7 Å². The lowest BCUT2D eigenvalue weighted by Crippen LogP contribution is -2.38. The van der Waals surface area contributed by atoms with Gasteiger partial charge in [-0.1, -0.05) is 31.2 Å². The maximum atomic E-state index is 12.0. The number of nitrogens with zero attached hydrogens (tertiary/aromatic N) is 1. The lowest BCUT2D eigenvalue weighted by molar-refractivity contribution is 0.0258. The molecule has 1 N–H and O–H groups in total. The van der Waals surface area contributed by atoms with Gasteiger partial charge in [-0.15, -0.1) is 0 Å². The summed E-state index contributed by atoms with van der Waals surface area (Å²) < 4.78 is 5.41. The van der Waals surface area contributed by atoms with Crippen LogP contribution in [0.15, 0.2) is 24.3 Å². The van der Waals surface area contributed by atoms with Crippen LogP contribution in [0.4, 0.5) is 4.79 Å². The first-order valence-corrected chi connectivity index (χ1v) is 8.62. The van der Waals surface area contributed by atoms with Gasteiger partial charge in [0.05, 0.1) is 0 Å². The van der Waals surface area contributed by atoms with Crippen LogP contribution in [-0.4, -0.2) is 36.2 Å². The molecular weight excluding hydrogens is 288 g/mol. The molecule has 23 heavy (non-hydrogen) atoms. The molecule has 0 aliphatic heterocycles. The van der Waals surface area contributed by atoms with Crippen LogP contribution < -0.4 is 5.32 Å². The van der Waals surface area contributed by atoms with E-state index in [1.54, 1.807) is 4.90 Å². The number of nitrogens with one attached hydrogen (secondary N) is 1. The number of hydrogen-bond acceptors (Lipinski definition) is 3. The van der Waals surface area contributed by atoms with E-state index < -0.39 is 5.60 Å². The van der Waals surface area contributed by atoms with Crippen LogP contribution in [0, 0.1) is 0 Å². The number of carbonyl (C=O) groups is 1. The maximum absolute atomic E-state index is 12.0. The molecule has 0 saturated carbocycles. The second-order valence-electron chi connectivity index (χ2n) is 6.71. The Bertz CT molecular complexity index is 481. The first kappa shape index (κ1) is 19.5. The van der Waals surface area contributed by atoms with Gasteiger partial charge in [0.25, 0.3) is 0 Å². The van der Waals surface area contributed by atoms with E-state index in [4.69, 9.17) is 4.74 Å². The minimum Gasteiger partial charge on any atom is -0.444 e. The highest BCUT2D eigenvalue weighted by Crippen LogP contribution is 2.10. The van der Waals surface area contributed by atoms with E-state index in [1.165, 1.54) is 11.1 Å². The van der Waals surface area contributed by atoms with Crippen molar-refractivity contribution in [2.24, 2.45) is 0 Å². The zero-order valence-corrected chi connectivity index (χ0v) is 15.3. The molecule has 0 bridgehead atoms. The normalized spacial score (nSPS) is 11.3. The summed E-state index contributed by atoms with van der Waals surface area (Å²) in [4.78, 5) is 13.8. The molecule has 1 aromatic carbocycles. The molecule has 0 aromatic heterocycles. The molecule has 0 unspecified atom stereocenters. The van der Waals surface area contributed by atoms with Crippen molar-refractivity contribution >= 4 is 6.09 Å². The Morgan fingerprint density at radius 3 is 2.39 bits per heavy atom. The molecule has 1 amide bonds. The fourth-order valence-electron chi connectivity index (χ4n) is 2.40. The molecule has 0 aliphatic rings. The third-order valence-electron chi connectivity index (χ3n) is 3.63. The van der Waals surface area contributed by atoms with Crippen LogP contribution in [0.5, 0.6) is 0 Å². The van der Waals surface area contributed by atoms with Crippen molar-refractivity contribution in [3.63, 3.8) is 0 Å². The van der Waals surface area contributed by atoms with E-state index in [-0.39, 0.29) is 6.09 Å². The van der Waals surface area contributed by atoms with Crippen molar-refractivity contribution in [2.45, 2.75) is 59.6 Å². The van der Waals surface area contributed by atoms with E-state index in [0.717, 1.165) is 25.9 Å². The third kappa shape index (κ3) is 7.51. The van der Waals surface area contributed by atoms with Crippen molar-refractivity contribution in [3.05, 3.63) is 35.4 Å². The van der Waals surface area contributed by atoms with Gasteiger partial charge in [0.1, 0.15) is 5.60 Å². The maximum Gasteiger partial charge on any atom is 0.410 e. The van der Waals surface area contributed by atoms with Gasteiger partial charge in [0.15, 0.2) is 0 Å². The topological polar surface area (TPSA) is 41.6 Å². The fourth-order valence-corrected chi connectivity index (χ4v) is 2.40. The largest absolute Gasteiger partial charge is 0.444 e. The molecule has 0 heterocycles. The van der Waals surface area contributed by atoms with E-state index in [2.05, 4.69) is 36.5 Å². The Morgan fingerprint density at radius 1 is 1.17 bits per heavy atom. The van der Waals surface area contributed by atoms with Crippen molar-refractivity contribution in [2.75, 3.05) is 19.6 Å². The van der Waals surface area contributed by atoms with Crippen molar-refractivity contribution in [1.29, 1.82) is 0 Å². The number of carbonyl (C=O) groups excluding carboxylic acids is 1. The van der Waals surface area contributed by atoms with Crippen LogP contribution >= 0.6 is 0 Å². The molecule has 0 radical (unpaired) electrons. The van der Waals surface area contributed by atoms with Crippen LogP contribution in [0.3, 0.4) is 0 Å². The van der Waals surface area contributed by atoms with Crippen LogP contribution in [-0.2, 0) is 17.7 Å². The Hall–Kier alpha value is -1.55. The molecule has 0 saturated heterocycles. The minimum absolute atomic E-state index is 0.226. The Morgan fingerprint density at radius 2 is 1.83 bits per heavy atom. The zero-order valence-electron chi connectivity index (χ0n) is 15.3. The third-order valence-corrected chi connectivity index (χ3v) is 3.63. The average Bonchev–Trinajstić information content (AvgIpc) is 2.49. The second kappa shape index (κ2) is 9.56. The molecule has 4 heteroatoms. The average molecular weight is 320 g/mol. The lowest BCUT2D eigenvalue weighted by Gasteiger charge is -2.26. The minimum atomic E-state index is -0.438. The van der Waals surface area contributed by atoms with Gasteiger partial charge < -0.3 is 15.0 Å². The van der Waals surface area contributed by atoms with Gasteiger partial charge in [0.2, 0.25) is 0 Å². The molecule has 4 nitrogen and oxygen atoms in total. The summed E-state index contributed by atoms with van der Waals surface area (Å²) in [6.45, 7) is 13.0. The SMILES string of the molecule is CCc1ccccc1CNCCCN(CC)C(=O)OC(C)(C)C. The summed E-state index contributed by atoms with van der Waals surface area (Å²) in [7, 11) is 0. The zero-order chi connectivity index (χ0) is 17.3. The second-order valence-corrected chi connectivity index (χ2v) is 6.71. The Kier molecular flexibility index (Phi) is 8.10. The van der Waals surface area contributed by atoms with Crippen molar-refractivity contribution < 1.29 is 9.53 Å². The highest BCUT2D eigenvalue weighted by molar-refractivity contribution is 5.68. The summed E-state index contributed by atoms with van der Waals surface area (Å²) in [6, 6.07) is 8.52. The number of benzene rings is 1. The fraction of sp³-hybridized carbons (Fsp3) is 0.632. The number of aryl methyl sites for hydroxylation is 1. The summed E-state index contributed by atoms with van der Waals surface area (Å²) >= 11 is 0. The predicted molar refractivity (Wildman–Crippen MR) is 95.6 cm³/mol. The van der Waals surface area contributed by atoms with Crippen LogP contribution in [0.2, 0.25) is 0 Å².